The fraction of sp³-hybridized carbons (Fsp3) is 0.706. The lowest BCUT2D eigenvalue weighted by molar-refractivity contribution is -0.115. The molecule has 1 amide bonds. The van der Waals surface area contributed by atoms with Crippen molar-refractivity contribution in [1.82, 2.24) is 19.4 Å². The molecular formula is C17H29N5O. The largest absolute Gasteiger partial charge is 0.303 e. The number of carbonyl (C=O) groups excluding carboxylic acids is 1. The smallest absolute Gasteiger partial charge is 0.235 e. The van der Waals surface area contributed by atoms with Crippen molar-refractivity contribution in [1.29, 1.82) is 0 Å². The van der Waals surface area contributed by atoms with Crippen molar-refractivity contribution < 1.29 is 4.79 Å². The van der Waals surface area contributed by atoms with Gasteiger partial charge in [-0.1, -0.05) is 0 Å². The van der Waals surface area contributed by atoms with Crippen molar-refractivity contribution >= 4 is 5.91 Å². The molecule has 6 nitrogen and oxygen atoms in total. The molecule has 1 aromatic heterocycles. The number of rotatable bonds is 3. The molecule has 0 unspecified atom stereocenters. The van der Waals surface area contributed by atoms with E-state index in [0.717, 1.165) is 31.0 Å². The maximum atomic E-state index is 11.4. The van der Waals surface area contributed by atoms with Crippen molar-refractivity contribution in [3.8, 4) is 0 Å². The van der Waals surface area contributed by atoms with Crippen LogP contribution in [0.2, 0.25) is 0 Å². The molecule has 3 rings (SSSR count). The van der Waals surface area contributed by atoms with Crippen LogP contribution in [0.15, 0.2) is 6.07 Å². The number of nitrogens with zero attached hydrogens (tertiary/aromatic N) is 4. The number of nitrogens with one attached hydrogen (secondary N) is 1. The van der Waals surface area contributed by atoms with Gasteiger partial charge in [-0.25, -0.2) is 0 Å². The van der Waals surface area contributed by atoms with E-state index in [0.29, 0.717) is 6.04 Å². The topological polar surface area (TPSA) is 43.8 Å². The molecule has 23 heavy (non-hydrogen) atoms. The Balaban J connectivity index is 1.67. The third-order valence-corrected chi connectivity index (χ3v) is 5.18. The van der Waals surface area contributed by atoms with Gasteiger partial charge in [-0.2, -0.15) is 0 Å². The van der Waals surface area contributed by atoms with Crippen LogP contribution in [-0.4, -0.2) is 77.6 Å². The Hall–Kier alpha value is -1.37. The van der Waals surface area contributed by atoms with E-state index in [1.165, 1.54) is 31.7 Å². The summed E-state index contributed by atoms with van der Waals surface area (Å²) < 4.78 is 1.91. The maximum Gasteiger partial charge on any atom is 0.235 e. The molecule has 6 heteroatoms. The van der Waals surface area contributed by atoms with Crippen molar-refractivity contribution in [3.63, 3.8) is 0 Å². The summed E-state index contributed by atoms with van der Waals surface area (Å²) in [6.45, 7) is 13.6. The van der Waals surface area contributed by atoms with E-state index in [9.17, 15) is 4.79 Å². The van der Waals surface area contributed by atoms with Crippen molar-refractivity contribution in [2.45, 2.75) is 33.4 Å². The van der Waals surface area contributed by atoms with E-state index in [4.69, 9.17) is 0 Å². The number of likely N-dealkylation sites (N-methyl/N-ethyl adjacent to an activating group) is 1. The Labute approximate surface area is 139 Å². The van der Waals surface area contributed by atoms with Gasteiger partial charge in [-0.05, 0) is 32.5 Å². The lowest BCUT2D eigenvalue weighted by Gasteiger charge is -2.46. The normalized spacial score (nSPS) is 23.7. The first-order valence-corrected chi connectivity index (χ1v) is 8.54. The van der Waals surface area contributed by atoms with E-state index in [1.54, 1.807) is 6.92 Å². The summed E-state index contributed by atoms with van der Waals surface area (Å²) in [4.78, 5) is 19.0. The number of aryl methyl sites for hydroxylation is 1. The number of hydrogen-bond donors (Lipinski definition) is 1. The predicted octanol–water partition coefficient (Wildman–Crippen LogP) is 0.627. The first-order chi connectivity index (χ1) is 10.9. The number of carbonyl (C=O) groups is 1. The second-order valence-corrected chi connectivity index (χ2v) is 7.09. The summed E-state index contributed by atoms with van der Waals surface area (Å²) in [6, 6.07) is 2.85. The third-order valence-electron chi connectivity index (χ3n) is 5.18. The van der Waals surface area contributed by atoms with Gasteiger partial charge in [0, 0.05) is 70.2 Å². The molecule has 2 saturated heterocycles. The van der Waals surface area contributed by atoms with Gasteiger partial charge in [0.2, 0.25) is 5.91 Å². The van der Waals surface area contributed by atoms with E-state index < -0.39 is 0 Å². The molecule has 0 aromatic carbocycles. The van der Waals surface area contributed by atoms with Crippen molar-refractivity contribution in [2.24, 2.45) is 0 Å². The Kier molecular flexibility index (Phi) is 4.75. The fourth-order valence-electron chi connectivity index (χ4n) is 3.88. The molecule has 128 valence electrons. The average molecular weight is 319 g/mol. The van der Waals surface area contributed by atoms with Crippen LogP contribution in [-0.2, 0) is 11.3 Å². The highest BCUT2D eigenvalue weighted by atomic mass is 16.2. The molecule has 3 heterocycles. The lowest BCUT2D eigenvalue weighted by atomic mass is 10.1. The molecule has 1 N–H and O–H groups in total. The minimum atomic E-state index is -0.0304. The molecule has 1 aromatic rings. The zero-order valence-corrected chi connectivity index (χ0v) is 14.8. The van der Waals surface area contributed by atoms with Crippen molar-refractivity contribution in [3.05, 3.63) is 23.0 Å². The second kappa shape index (κ2) is 6.63. The minimum absolute atomic E-state index is 0.0304. The summed E-state index contributed by atoms with van der Waals surface area (Å²) in [6.07, 6.45) is 0. The standard InChI is InChI=1S/C17H29N5O/c1-13-9-16(14(2)22(13)18-15(3)23)10-20-6-8-21-7-5-19(4)11-17(21)12-20/h9,17H,5-8,10-12H2,1-4H3,(H,18,23)/t17-/m0/s1. The van der Waals surface area contributed by atoms with Crippen LogP contribution in [0.5, 0.6) is 0 Å². The quantitative estimate of drug-likeness (QED) is 0.887. The van der Waals surface area contributed by atoms with Crippen LogP contribution in [0, 0.1) is 13.8 Å². The molecule has 1 atom stereocenters. The SMILES string of the molecule is CC(=O)Nn1c(C)cc(CN2CCN3CCN(C)C[C@H]3C2)c1C. The maximum absolute atomic E-state index is 11.4. The minimum Gasteiger partial charge on any atom is -0.303 e. The average Bonchev–Trinajstić information content (AvgIpc) is 2.74. The highest BCUT2D eigenvalue weighted by Crippen LogP contribution is 2.20. The molecule has 2 aliphatic rings. The van der Waals surface area contributed by atoms with Gasteiger partial charge in [0.1, 0.15) is 0 Å². The molecule has 0 bridgehead atoms. The van der Waals surface area contributed by atoms with Gasteiger partial charge in [0.05, 0.1) is 0 Å². The molecule has 2 fully saturated rings. The number of amides is 1. The Morgan fingerprint density at radius 2 is 1.96 bits per heavy atom. The van der Waals surface area contributed by atoms with Gasteiger partial charge >= 0.3 is 0 Å². The van der Waals surface area contributed by atoms with Crippen LogP contribution in [0.25, 0.3) is 0 Å². The fourth-order valence-corrected chi connectivity index (χ4v) is 3.88. The number of aromatic nitrogens is 1. The van der Waals surface area contributed by atoms with Gasteiger partial charge in [0.15, 0.2) is 0 Å². The summed E-state index contributed by atoms with van der Waals surface area (Å²) in [7, 11) is 2.22. The number of fused-ring (bicyclic) bond motifs is 1. The van der Waals surface area contributed by atoms with Gasteiger partial charge in [0.25, 0.3) is 0 Å². The van der Waals surface area contributed by atoms with E-state index in [2.05, 4.69) is 40.2 Å². The van der Waals surface area contributed by atoms with E-state index >= 15 is 0 Å². The molecule has 0 aliphatic carbocycles. The van der Waals surface area contributed by atoms with E-state index in [1.807, 2.05) is 11.6 Å². The van der Waals surface area contributed by atoms with Crippen molar-refractivity contribution in [2.75, 3.05) is 51.7 Å². The first-order valence-electron chi connectivity index (χ1n) is 8.54. The second-order valence-electron chi connectivity index (χ2n) is 7.09. The van der Waals surface area contributed by atoms with Crippen LogP contribution < -0.4 is 5.43 Å². The molecular weight excluding hydrogens is 290 g/mol. The lowest BCUT2D eigenvalue weighted by Crippen LogP contribution is -2.61. The molecule has 0 spiro atoms. The van der Waals surface area contributed by atoms with Crippen LogP contribution in [0.4, 0.5) is 0 Å². The highest BCUT2D eigenvalue weighted by Gasteiger charge is 2.31. The number of piperazine rings is 2. The van der Waals surface area contributed by atoms with Crippen LogP contribution >= 0.6 is 0 Å². The summed E-state index contributed by atoms with van der Waals surface area (Å²) in [5.74, 6) is -0.0304. The highest BCUT2D eigenvalue weighted by molar-refractivity contribution is 5.81. The molecule has 0 radical (unpaired) electrons. The van der Waals surface area contributed by atoms with Gasteiger partial charge < -0.3 is 4.90 Å². The van der Waals surface area contributed by atoms with Crippen LogP contribution in [0.3, 0.4) is 0 Å². The predicted molar refractivity (Wildman–Crippen MR) is 92.1 cm³/mol. The molecule has 0 saturated carbocycles. The van der Waals surface area contributed by atoms with E-state index in [-0.39, 0.29) is 5.91 Å². The summed E-state index contributed by atoms with van der Waals surface area (Å²) >= 11 is 0. The summed E-state index contributed by atoms with van der Waals surface area (Å²) in [5.41, 5.74) is 6.43. The number of hydrogen-bond acceptors (Lipinski definition) is 4. The van der Waals surface area contributed by atoms with Gasteiger partial charge in [-0.3, -0.25) is 24.7 Å². The van der Waals surface area contributed by atoms with Crippen LogP contribution in [0.1, 0.15) is 23.9 Å². The first kappa shape index (κ1) is 16.5. The Morgan fingerprint density at radius 1 is 1.22 bits per heavy atom. The Morgan fingerprint density at radius 3 is 2.70 bits per heavy atom. The van der Waals surface area contributed by atoms with Gasteiger partial charge in [-0.15, -0.1) is 0 Å². The zero-order valence-electron chi connectivity index (χ0n) is 14.8. The Bertz CT molecular complexity index is 582. The monoisotopic (exact) mass is 319 g/mol. The summed E-state index contributed by atoms with van der Waals surface area (Å²) in [5, 5.41) is 0. The zero-order chi connectivity index (χ0) is 16.6. The third kappa shape index (κ3) is 3.59. The molecule has 2 aliphatic heterocycles.